The quantitative estimate of drug-likeness (QED) is 0.442. The van der Waals surface area contributed by atoms with Gasteiger partial charge >= 0.3 is 0 Å². The first-order chi connectivity index (χ1) is 10.0. The molecule has 0 spiro atoms. The predicted molar refractivity (Wildman–Crippen MR) is 99.5 cm³/mol. The van der Waals surface area contributed by atoms with Crippen LogP contribution in [0.25, 0.3) is 0 Å². The molecule has 1 aromatic heterocycles. The first-order valence-electron chi connectivity index (χ1n) is 7.64. The molecule has 1 saturated carbocycles. The molecule has 1 fully saturated rings. The molecule has 22 heavy (non-hydrogen) atoms. The lowest BCUT2D eigenvalue weighted by Crippen LogP contribution is -2.48. The van der Waals surface area contributed by atoms with Crippen LogP contribution in [0, 0.1) is 0 Å². The third-order valence-corrected chi connectivity index (χ3v) is 4.11. The van der Waals surface area contributed by atoms with Gasteiger partial charge in [0.15, 0.2) is 5.96 Å². The molecule has 1 aliphatic carbocycles. The van der Waals surface area contributed by atoms with Gasteiger partial charge in [0.25, 0.3) is 0 Å². The number of aromatic nitrogens is 2. The Morgan fingerprint density at radius 2 is 2.14 bits per heavy atom. The van der Waals surface area contributed by atoms with Gasteiger partial charge in [0.05, 0.1) is 11.8 Å². The second-order valence-corrected chi connectivity index (χ2v) is 6.06. The lowest BCUT2D eigenvalue weighted by molar-refractivity contribution is 0.00819. The van der Waals surface area contributed by atoms with Crippen molar-refractivity contribution in [2.45, 2.75) is 44.2 Å². The van der Waals surface area contributed by atoms with Crippen LogP contribution in [-0.2, 0) is 13.6 Å². The van der Waals surface area contributed by atoms with Crippen molar-refractivity contribution < 1.29 is 5.11 Å². The van der Waals surface area contributed by atoms with Gasteiger partial charge in [0.1, 0.15) is 0 Å². The van der Waals surface area contributed by atoms with E-state index in [4.69, 9.17) is 0 Å². The molecular weight excluding hydrogens is 393 g/mol. The molecule has 0 amide bonds. The largest absolute Gasteiger partial charge is 0.388 e. The zero-order valence-electron chi connectivity index (χ0n) is 13.7. The first-order valence-corrected chi connectivity index (χ1v) is 7.64. The maximum atomic E-state index is 10.5. The molecule has 0 saturated heterocycles. The summed E-state index contributed by atoms with van der Waals surface area (Å²) in [5.41, 5.74) is 0.558. The van der Waals surface area contributed by atoms with E-state index in [2.05, 4.69) is 15.4 Å². The Morgan fingerprint density at radius 1 is 1.45 bits per heavy atom. The third-order valence-electron chi connectivity index (χ3n) is 4.11. The zero-order valence-corrected chi connectivity index (χ0v) is 16.1. The number of aryl methyl sites for hydroxylation is 1. The predicted octanol–water partition coefficient (Wildman–Crippen LogP) is 1.74. The lowest BCUT2D eigenvalue weighted by atomic mass is 9.85. The van der Waals surface area contributed by atoms with Crippen molar-refractivity contribution in [1.82, 2.24) is 20.0 Å². The molecule has 7 heteroatoms. The average Bonchev–Trinajstić information content (AvgIpc) is 2.85. The molecule has 0 radical (unpaired) electrons. The van der Waals surface area contributed by atoms with Crippen LogP contribution < -0.4 is 5.32 Å². The van der Waals surface area contributed by atoms with Crippen molar-refractivity contribution in [3.8, 4) is 0 Å². The van der Waals surface area contributed by atoms with E-state index in [0.29, 0.717) is 6.54 Å². The zero-order chi connectivity index (χ0) is 15.3. The van der Waals surface area contributed by atoms with E-state index < -0.39 is 5.60 Å². The van der Waals surface area contributed by atoms with Crippen LogP contribution in [0.2, 0.25) is 0 Å². The minimum Gasteiger partial charge on any atom is -0.388 e. The maximum absolute atomic E-state index is 10.5. The van der Waals surface area contributed by atoms with Crippen LogP contribution in [0.3, 0.4) is 0 Å². The average molecular weight is 421 g/mol. The van der Waals surface area contributed by atoms with E-state index in [1.54, 1.807) is 11.7 Å². The van der Waals surface area contributed by atoms with Gasteiger partial charge in [-0.05, 0) is 12.8 Å². The van der Waals surface area contributed by atoms with Gasteiger partial charge < -0.3 is 15.3 Å². The summed E-state index contributed by atoms with van der Waals surface area (Å²) in [6.45, 7) is 1.31. The summed E-state index contributed by atoms with van der Waals surface area (Å²) in [5.74, 6) is 0.804. The molecule has 1 aliphatic rings. The molecular formula is C15H28IN5O. The topological polar surface area (TPSA) is 65.7 Å². The molecule has 0 bridgehead atoms. The highest BCUT2D eigenvalue weighted by molar-refractivity contribution is 14.0. The van der Waals surface area contributed by atoms with Crippen LogP contribution in [0.15, 0.2) is 17.4 Å². The van der Waals surface area contributed by atoms with Crippen LogP contribution in [0.4, 0.5) is 0 Å². The summed E-state index contributed by atoms with van der Waals surface area (Å²) in [4.78, 5) is 6.34. The molecule has 6 nitrogen and oxygen atoms in total. The van der Waals surface area contributed by atoms with Crippen molar-refractivity contribution in [2.24, 2.45) is 12.0 Å². The van der Waals surface area contributed by atoms with E-state index in [9.17, 15) is 5.11 Å². The highest BCUT2D eigenvalue weighted by Gasteiger charge is 2.29. The standard InChI is InChI=1S/C15H27N5O.HI/c1-16-14(17-12-15(21)7-5-4-6-8-15)19(2)10-13-9-18-20(3)11-13;/h9,11,21H,4-8,10,12H2,1-3H3,(H,16,17);1H. The molecule has 1 aromatic rings. The van der Waals surface area contributed by atoms with E-state index in [0.717, 1.165) is 43.8 Å². The molecule has 1 heterocycles. The third kappa shape index (κ3) is 5.42. The Balaban J connectivity index is 0.00000242. The monoisotopic (exact) mass is 421 g/mol. The van der Waals surface area contributed by atoms with E-state index >= 15 is 0 Å². The number of hydrogen-bond acceptors (Lipinski definition) is 3. The van der Waals surface area contributed by atoms with E-state index in [-0.39, 0.29) is 24.0 Å². The number of guanidine groups is 1. The second kappa shape index (κ2) is 8.71. The summed E-state index contributed by atoms with van der Waals surface area (Å²) >= 11 is 0. The minimum absolute atomic E-state index is 0. The van der Waals surface area contributed by atoms with Crippen molar-refractivity contribution >= 4 is 29.9 Å². The SMILES string of the molecule is CN=C(NCC1(O)CCCCC1)N(C)Cc1cnn(C)c1.I. The molecule has 2 N–H and O–H groups in total. The van der Waals surface area contributed by atoms with Gasteiger partial charge in [-0.3, -0.25) is 9.67 Å². The van der Waals surface area contributed by atoms with E-state index in [1.807, 2.05) is 31.4 Å². The minimum atomic E-state index is -0.580. The fourth-order valence-corrected chi connectivity index (χ4v) is 2.92. The number of hydrogen-bond donors (Lipinski definition) is 2. The smallest absolute Gasteiger partial charge is 0.193 e. The van der Waals surface area contributed by atoms with Gasteiger partial charge in [0, 0.05) is 46.0 Å². The lowest BCUT2D eigenvalue weighted by Gasteiger charge is -2.33. The van der Waals surface area contributed by atoms with Crippen LogP contribution in [0.1, 0.15) is 37.7 Å². The maximum Gasteiger partial charge on any atom is 0.193 e. The number of halogens is 1. The van der Waals surface area contributed by atoms with Gasteiger partial charge in [-0.15, -0.1) is 24.0 Å². The molecule has 2 rings (SSSR count). The number of aliphatic hydroxyl groups is 1. The van der Waals surface area contributed by atoms with Crippen molar-refractivity contribution in [3.05, 3.63) is 18.0 Å². The summed E-state index contributed by atoms with van der Waals surface area (Å²) in [5, 5.41) is 18.0. The highest BCUT2D eigenvalue weighted by atomic mass is 127. The fraction of sp³-hybridized carbons (Fsp3) is 0.733. The van der Waals surface area contributed by atoms with Gasteiger partial charge in [-0.2, -0.15) is 5.10 Å². The second-order valence-electron chi connectivity index (χ2n) is 6.06. The van der Waals surface area contributed by atoms with Crippen LogP contribution >= 0.6 is 24.0 Å². The summed E-state index contributed by atoms with van der Waals surface area (Å²) < 4.78 is 1.80. The number of nitrogens with one attached hydrogen (secondary N) is 1. The molecule has 126 valence electrons. The van der Waals surface area contributed by atoms with E-state index in [1.165, 1.54) is 6.42 Å². The van der Waals surface area contributed by atoms with Crippen LogP contribution in [-0.4, -0.2) is 52.0 Å². The van der Waals surface area contributed by atoms with Gasteiger partial charge in [-0.1, -0.05) is 19.3 Å². The Morgan fingerprint density at radius 3 is 2.68 bits per heavy atom. The molecule has 0 aromatic carbocycles. The summed E-state index contributed by atoms with van der Waals surface area (Å²) in [7, 11) is 5.68. The fourth-order valence-electron chi connectivity index (χ4n) is 2.92. The Labute approximate surface area is 150 Å². The number of nitrogens with zero attached hydrogens (tertiary/aromatic N) is 4. The highest BCUT2D eigenvalue weighted by Crippen LogP contribution is 2.27. The molecule has 0 atom stereocenters. The van der Waals surface area contributed by atoms with Crippen molar-refractivity contribution in [3.63, 3.8) is 0 Å². The van der Waals surface area contributed by atoms with Crippen molar-refractivity contribution in [2.75, 3.05) is 20.6 Å². The number of aliphatic imine (C=N–C) groups is 1. The normalized spacial score (nSPS) is 17.7. The number of rotatable bonds is 4. The Kier molecular flexibility index (Phi) is 7.61. The molecule has 0 unspecified atom stereocenters. The van der Waals surface area contributed by atoms with Crippen LogP contribution in [0.5, 0.6) is 0 Å². The Bertz CT molecular complexity index is 482. The Hall–Kier alpha value is -0.830. The van der Waals surface area contributed by atoms with Gasteiger partial charge in [0.2, 0.25) is 0 Å². The van der Waals surface area contributed by atoms with Crippen molar-refractivity contribution in [1.29, 1.82) is 0 Å². The summed E-state index contributed by atoms with van der Waals surface area (Å²) in [6.07, 6.45) is 9.08. The molecule has 0 aliphatic heterocycles. The summed E-state index contributed by atoms with van der Waals surface area (Å²) in [6, 6.07) is 0. The first kappa shape index (κ1) is 19.2. The van der Waals surface area contributed by atoms with Gasteiger partial charge in [-0.25, -0.2) is 0 Å².